The zero-order valence-electron chi connectivity index (χ0n) is 17.7. The van der Waals surface area contributed by atoms with Gasteiger partial charge in [0.05, 0.1) is 12.5 Å². The van der Waals surface area contributed by atoms with Crippen LogP contribution in [0.1, 0.15) is 31.2 Å². The van der Waals surface area contributed by atoms with E-state index in [1.54, 1.807) is 7.11 Å². The molecule has 0 saturated heterocycles. The Morgan fingerprint density at radius 1 is 0.933 bits per heavy atom. The number of esters is 1. The number of fused-ring (bicyclic) bond motifs is 3. The molecule has 0 aliphatic heterocycles. The smallest absolute Gasteiger partial charge is 0.312 e. The standard InChI is InChI=1S/C28H30O2/c1-30-27(29)28(11-12-5-3-2-4-6-12)25-15-9-7-13-17-14-8-10-16-19(14)22-20(17)21(18(13)15)23(25)24(22)26(16)28/h2-6,13,15-16,18-26H,7-11H2,1H3/t13?,15?,16?,18?,19?,20?,21?,22?,23?,24?,25?,26?,28-/m1/s1. The number of hydrogen-bond donors (Lipinski definition) is 0. The van der Waals surface area contributed by atoms with Gasteiger partial charge in [0, 0.05) is 0 Å². The molecule has 13 atom stereocenters. The molecule has 0 bridgehead atoms. The summed E-state index contributed by atoms with van der Waals surface area (Å²) in [6.07, 6.45) is 6.44. The molecule has 9 rings (SSSR count). The number of methoxy groups -OCH3 is 1. The number of hydrogen-bond acceptors (Lipinski definition) is 2. The maximum Gasteiger partial charge on any atom is 0.312 e. The summed E-state index contributed by atoms with van der Waals surface area (Å²) in [6, 6.07) is 11.0. The van der Waals surface area contributed by atoms with Gasteiger partial charge in [-0.25, -0.2) is 0 Å². The van der Waals surface area contributed by atoms with Crippen LogP contribution in [0, 0.1) is 76.4 Å². The first-order valence-corrected chi connectivity index (χ1v) is 12.6. The topological polar surface area (TPSA) is 26.3 Å². The van der Waals surface area contributed by atoms with Gasteiger partial charge >= 0.3 is 5.97 Å². The summed E-state index contributed by atoms with van der Waals surface area (Å²) in [5.41, 5.74) is 5.07. The van der Waals surface area contributed by atoms with Crippen LogP contribution in [-0.4, -0.2) is 13.1 Å². The molecule has 1 aromatic carbocycles. The summed E-state index contributed by atoms with van der Waals surface area (Å²) in [7, 11) is 1.67. The van der Waals surface area contributed by atoms with Crippen molar-refractivity contribution in [3.05, 3.63) is 47.0 Å². The second kappa shape index (κ2) is 4.76. The molecule has 8 aliphatic rings. The second-order valence-corrected chi connectivity index (χ2v) is 12.2. The van der Waals surface area contributed by atoms with Crippen molar-refractivity contribution in [3.63, 3.8) is 0 Å². The molecule has 0 spiro atoms. The Balaban J connectivity index is 1.34. The summed E-state index contributed by atoms with van der Waals surface area (Å²) in [6.45, 7) is 0. The van der Waals surface area contributed by atoms with Crippen LogP contribution in [0.2, 0.25) is 0 Å². The summed E-state index contributed by atoms with van der Waals surface area (Å²) < 4.78 is 5.77. The molecule has 2 nitrogen and oxygen atoms in total. The molecule has 0 N–H and O–H groups in total. The predicted octanol–water partition coefficient (Wildman–Crippen LogP) is 4.75. The minimum absolute atomic E-state index is 0.161. The minimum atomic E-state index is -0.259. The number of ether oxygens (including phenoxy) is 1. The van der Waals surface area contributed by atoms with Crippen molar-refractivity contribution in [2.75, 3.05) is 7.11 Å². The monoisotopic (exact) mass is 398 g/mol. The molecule has 8 aliphatic carbocycles. The van der Waals surface area contributed by atoms with Crippen LogP contribution in [0.15, 0.2) is 41.5 Å². The third-order valence-corrected chi connectivity index (χ3v) is 12.4. The van der Waals surface area contributed by atoms with Crippen molar-refractivity contribution >= 4 is 5.97 Å². The number of rotatable bonds is 3. The van der Waals surface area contributed by atoms with Gasteiger partial charge in [0.1, 0.15) is 0 Å². The van der Waals surface area contributed by atoms with Gasteiger partial charge in [0.25, 0.3) is 0 Å². The molecule has 154 valence electrons. The maximum absolute atomic E-state index is 14.0. The van der Waals surface area contributed by atoms with Gasteiger partial charge in [-0.2, -0.15) is 0 Å². The average Bonchev–Trinajstić information content (AvgIpc) is 3.53. The molecule has 7 fully saturated rings. The number of benzene rings is 1. The van der Waals surface area contributed by atoms with Gasteiger partial charge in [0.2, 0.25) is 0 Å². The van der Waals surface area contributed by atoms with Crippen LogP contribution in [-0.2, 0) is 16.0 Å². The van der Waals surface area contributed by atoms with E-state index in [0.717, 1.165) is 65.6 Å². The van der Waals surface area contributed by atoms with Crippen molar-refractivity contribution in [2.24, 2.45) is 76.4 Å². The lowest BCUT2D eigenvalue weighted by Gasteiger charge is -2.42. The number of carbonyl (C=O) groups excluding carboxylic acids is 1. The number of allylic oxidation sites excluding steroid dienone is 2. The first-order valence-electron chi connectivity index (χ1n) is 12.6. The zero-order valence-corrected chi connectivity index (χ0v) is 17.7. The van der Waals surface area contributed by atoms with Gasteiger partial charge in [0.15, 0.2) is 0 Å². The molecule has 0 amide bonds. The molecule has 1 aromatic rings. The van der Waals surface area contributed by atoms with Crippen LogP contribution in [0.25, 0.3) is 0 Å². The number of carbonyl (C=O) groups is 1. The Morgan fingerprint density at radius 2 is 1.73 bits per heavy atom. The third-order valence-electron chi connectivity index (χ3n) is 12.4. The molecule has 0 heterocycles. The zero-order chi connectivity index (χ0) is 19.5. The van der Waals surface area contributed by atoms with E-state index < -0.39 is 0 Å². The minimum Gasteiger partial charge on any atom is -0.469 e. The van der Waals surface area contributed by atoms with E-state index in [2.05, 4.69) is 30.3 Å². The van der Waals surface area contributed by atoms with Gasteiger partial charge in [-0.15, -0.1) is 0 Å². The molecule has 12 unspecified atom stereocenters. The fourth-order valence-corrected chi connectivity index (χ4v) is 12.8. The third kappa shape index (κ3) is 1.33. The van der Waals surface area contributed by atoms with Gasteiger partial charge in [-0.3, -0.25) is 4.79 Å². The molecule has 0 aromatic heterocycles. The molecule has 30 heavy (non-hydrogen) atoms. The lowest BCUT2D eigenvalue weighted by Crippen LogP contribution is -2.48. The summed E-state index contributed by atoms with van der Waals surface area (Å²) in [5, 5.41) is 0. The van der Waals surface area contributed by atoms with Crippen LogP contribution in [0.5, 0.6) is 0 Å². The first-order chi connectivity index (χ1) is 14.8. The molecule has 7 saturated carbocycles. The highest BCUT2D eigenvalue weighted by Gasteiger charge is 2.86. The van der Waals surface area contributed by atoms with Crippen molar-refractivity contribution < 1.29 is 9.53 Å². The summed E-state index contributed by atoms with van der Waals surface area (Å²) in [4.78, 5) is 14.0. The molecular formula is C28H30O2. The largest absolute Gasteiger partial charge is 0.469 e. The molecule has 0 radical (unpaired) electrons. The van der Waals surface area contributed by atoms with Crippen molar-refractivity contribution in [2.45, 2.75) is 32.1 Å². The van der Waals surface area contributed by atoms with E-state index >= 15 is 0 Å². The van der Waals surface area contributed by atoms with E-state index in [1.807, 2.05) is 11.1 Å². The van der Waals surface area contributed by atoms with E-state index in [1.165, 1.54) is 31.2 Å². The van der Waals surface area contributed by atoms with Crippen LogP contribution in [0.3, 0.4) is 0 Å². The van der Waals surface area contributed by atoms with Crippen molar-refractivity contribution in [1.29, 1.82) is 0 Å². The highest BCUT2D eigenvalue weighted by Crippen LogP contribution is 2.89. The van der Waals surface area contributed by atoms with Crippen molar-refractivity contribution in [3.8, 4) is 0 Å². The predicted molar refractivity (Wildman–Crippen MR) is 112 cm³/mol. The lowest BCUT2D eigenvalue weighted by atomic mass is 9.60. The fourth-order valence-electron chi connectivity index (χ4n) is 12.8. The Kier molecular flexibility index (Phi) is 2.56. The Bertz CT molecular complexity index is 1040. The lowest BCUT2D eigenvalue weighted by molar-refractivity contribution is -0.162. The van der Waals surface area contributed by atoms with Crippen LogP contribution >= 0.6 is 0 Å². The van der Waals surface area contributed by atoms with Gasteiger partial charge in [-0.05, 0) is 109 Å². The van der Waals surface area contributed by atoms with Gasteiger partial charge in [-0.1, -0.05) is 41.5 Å². The highest BCUT2D eigenvalue weighted by molar-refractivity contribution is 5.80. The maximum atomic E-state index is 14.0. The SMILES string of the molecule is COC(=O)[C@@]1(Cc2ccccc2)C2C3CCC4=C5C6CCC7C6C6C5C(C43)C2C6C71. The average molecular weight is 399 g/mol. The highest BCUT2D eigenvalue weighted by atomic mass is 16.5. The van der Waals surface area contributed by atoms with E-state index in [9.17, 15) is 4.79 Å². The summed E-state index contributed by atoms with van der Waals surface area (Å²) >= 11 is 0. The van der Waals surface area contributed by atoms with E-state index in [0.29, 0.717) is 11.8 Å². The second-order valence-electron chi connectivity index (χ2n) is 12.2. The molecule has 2 heteroatoms. The Labute approximate surface area is 178 Å². The van der Waals surface area contributed by atoms with E-state index in [4.69, 9.17) is 4.74 Å². The fraction of sp³-hybridized carbons (Fsp3) is 0.679. The van der Waals surface area contributed by atoms with Crippen LogP contribution < -0.4 is 0 Å². The molecular weight excluding hydrogens is 368 g/mol. The Morgan fingerprint density at radius 3 is 2.57 bits per heavy atom. The van der Waals surface area contributed by atoms with Crippen molar-refractivity contribution in [1.82, 2.24) is 0 Å². The Hall–Kier alpha value is -1.57. The normalized spacial score (nSPS) is 58.6. The van der Waals surface area contributed by atoms with Crippen LogP contribution in [0.4, 0.5) is 0 Å². The quantitative estimate of drug-likeness (QED) is 0.543. The van der Waals surface area contributed by atoms with E-state index in [-0.39, 0.29) is 11.4 Å². The first kappa shape index (κ1) is 16.1. The summed E-state index contributed by atoms with van der Waals surface area (Å²) in [5.74, 6) is 10.0. The van der Waals surface area contributed by atoms with Gasteiger partial charge < -0.3 is 4.74 Å².